The SMILES string of the molecule is CC(C)N=S(=O)=O.Nc1ccccc1. The van der Waals surface area contributed by atoms with E-state index >= 15 is 0 Å². The van der Waals surface area contributed by atoms with Gasteiger partial charge < -0.3 is 5.73 Å². The second-order valence-corrected chi connectivity index (χ2v) is 3.47. The maximum absolute atomic E-state index is 9.64. The van der Waals surface area contributed by atoms with Gasteiger partial charge in [0.25, 0.3) is 0 Å². The Morgan fingerprint density at radius 2 is 1.71 bits per heavy atom. The van der Waals surface area contributed by atoms with Crippen LogP contribution in [0.2, 0.25) is 0 Å². The molecule has 0 saturated heterocycles. The Morgan fingerprint density at radius 1 is 1.21 bits per heavy atom. The third-order valence-corrected chi connectivity index (χ3v) is 1.69. The summed E-state index contributed by atoms with van der Waals surface area (Å²) in [4.78, 5) is 0. The Balaban J connectivity index is 0.000000241. The highest BCUT2D eigenvalue weighted by Crippen LogP contribution is 1.95. The minimum atomic E-state index is -2.22. The van der Waals surface area contributed by atoms with Crippen LogP contribution < -0.4 is 5.73 Å². The molecule has 0 spiro atoms. The van der Waals surface area contributed by atoms with Crippen LogP contribution in [-0.4, -0.2) is 14.5 Å². The second kappa shape index (κ2) is 7.08. The molecule has 1 aromatic rings. The highest BCUT2D eigenvalue weighted by molar-refractivity contribution is 7.61. The number of anilines is 1. The van der Waals surface area contributed by atoms with Gasteiger partial charge in [0.15, 0.2) is 0 Å². The predicted molar refractivity (Wildman–Crippen MR) is 57.3 cm³/mol. The molecule has 0 atom stereocenters. The van der Waals surface area contributed by atoms with E-state index in [1.54, 1.807) is 13.8 Å². The highest BCUT2D eigenvalue weighted by Gasteiger charge is 1.82. The first kappa shape index (κ1) is 12.6. The van der Waals surface area contributed by atoms with Crippen LogP contribution in [0.1, 0.15) is 13.8 Å². The third-order valence-electron chi connectivity index (χ3n) is 1.10. The van der Waals surface area contributed by atoms with Crippen LogP contribution in [0.5, 0.6) is 0 Å². The number of rotatable bonds is 1. The van der Waals surface area contributed by atoms with Gasteiger partial charge in [0.05, 0.1) is 6.04 Å². The van der Waals surface area contributed by atoms with Gasteiger partial charge in [-0.2, -0.15) is 12.8 Å². The van der Waals surface area contributed by atoms with Gasteiger partial charge in [0.1, 0.15) is 0 Å². The maximum atomic E-state index is 9.64. The fraction of sp³-hybridized carbons (Fsp3) is 0.333. The van der Waals surface area contributed by atoms with E-state index in [1.165, 1.54) is 0 Å². The molecular formula is C9H14N2O2S. The Bertz CT molecular complexity index is 363. The largest absolute Gasteiger partial charge is 0.399 e. The molecule has 0 amide bonds. The van der Waals surface area contributed by atoms with Crippen molar-refractivity contribution in [2.24, 2.45) is 4.36 Å². The first-order valence-electron chi connectivity index (χ1n) is 4.13. The van der Waals surface area contributed by atoms with Gasteiger partial charge in [-0.3, -0.25) is 0 Å². The molecule has 1 rings (SSSR count). The molecule has 1 aromatic carbocycles. The quantitative estimate of drug-likeness (QED) is 0.723. The van der Waals surface area contributed by atoms with Crippen molar-refractivity contribution in [1.29, 1.82) is 0 Å². The van der Waals surface area contributed by atoms with Gasteiger partial charge in [0.2, 0.25) is 0 Å². The Kier molecular flexibility index (Phi) is 6.39. The molecule has 0 radical (unpaired) electrons. The minimum Gasteiger partial charge on any atom is -0.399 e. The lowest BCUT2D eigenvalue weighted by molar-refractivity contribution is 0.617. The number of para-hydroxylation sites is 1. The van der Waals surface area contributed by atoms with E-state index in [9.17, 15) is 8.42 Å². The van der Waals surface area contributed by atoms with Crippen LogP contribution in [0.25, 0.3) is 0 Å². The number of nitrogen functional groups attached to an aromatic ring is 1. The van der Waals surface area contributed by atoms with E-state index in [2.05, 4.69) is 4.36 Å². The maximum Gasteiger partial charge on any atom is 0.311 e. The normalized spacial score (nSPS) is 8.79. The first-order chi connectivity index (χ1) is 6.52. The van der Waals surface area contributed by atoms with Crippen molar-refractivity contribution in [3.05, 3.63) is 30.3 Å². The van der Waals surface area contributed by atoms with E-state index in [0.29, 0.717) is 0 Å². The molecular weight excluding hydrogens is 200 g/mol. The Hall–Kier alpha value is -1.36. The third kappa shape index (κ3) is 8.73. The fourth-order valence-corrected chi connectivity index (χ4v) is 0.969. The number of hydrogen-bond donors (Lipinski definition) is 1. The summed E-state index contributed by atoms with van der Waals surface area (Å²) in [5.74, 6) is 0. The molecule has 0 aliphatic heterocycles. The zero-order valence-electron chi connectivity index (χ0n) is 8.21. The molecule has 2 N–H and O–H groups in total. The van der Waals surface area contributed by atoms with Crippen molar-refractivity contribution in [3.8, 4) is 0 Å². The zero-order valence-corrected chi connectivity index (χ0v) is 9.03. The average Bonchev–Trinajstić information content (AvgIpc) is 2.03. The Labute approximate surface area is 85.5 Å². The Morgan fingerprint density at radius 3 is 1.86 bits per heavy atom. The van der Waals surface area contributed by atoms with Crippen molar-refractivity contribution in [2.75, 3.05) is 5.73 Å². The molecule has 0 saturated carbocycles. The topological polar surface area (TPSA) is 72.5 Å². The highest BCUT2D eigenvalue weighted by atomic mass is 32.2. The van der Waals surface area contributed by atoms with Crippen molar-refractivity contribution in [1.82, 2.24) is 0 Å². The van der Waals surface area contributed by atoms with E-state index in [1.807, 2.05) is 30.3 Å². The molecule has 0 heterocycles. The summed E-state index contributed by atoms with van der Waals surface area (Å²) >= 11 is 0. The van der Waals surface area contributed by atoms with Crippen LogP contribution >= 0.6 is 0 Å². The van der Waals surface area contributed by atoms with Crippen LogP contribution in [0.3, 0.4) is 0 Å². The van der Waals surface area contributed by atoms with Gasteiger partial charge in [0, 0.05) is 5.69 Å². The summed E-state index contributed by atoms with van der Waals surface area (Å²) < 4.78 is 22.5. The molecule has 5 heteroatoms. The first-order valence-corrected chi connectivity index (χ1v) is 5.16. The van der Waals surface area contributed by atoms with E-state index in [0.717, 1.165) is 5.69 Å². The number of nitrogens with two attached hydrogens (primary N) is 1. The van der Waals surface area contributed by atoms with Crippen LogP contribution in [0, 0.1) is 0 Å². The average molecular weight is 214 g/mol. The molecule has 0 fully saturated rings. The summed E-state index contributed by atoms with van der Waals surface area (Å²) in [5.41, 5.74) is 6.18. The van der Waals surface area contributed by atoms with Gasteiger partial charge in [-0.05, 0) is 26.0 Å². The zero-order chi connectivity index (χ0) is 11.0. The lowest BCUT2D eigenvalue weighted by Crippen LogP contribution is -1.84. The molecule has 4 nitrogen and oxygen atoms in total. The van der Waals surface area contributed by atoms with Gasteiger partial charge >= 0.3 is 10.5 Å². The molecule has 0 aliphatic carbocycles. The second-order valence-electron chi connectivity index (χ2n) is 2.83. The fourth-order valence-electron chi connectivity index (χ4n) is 0.625. The van der Waals surface area contributed by atoms with Gasteiger partial charge in [-0.1, -0.05) is 18.2 Å². The molecule has 0 unspecified atom stereocenters. The molecule has 0 aromatic heterocycles. The summed E-state index contributed by atoms with van der Waals surface area (Å²) in [6.07, 6.45) is 0. The van der Waals surface area contributed by atoms with E-state index in [4.69, 9.17) is 5.73 Å². The van der Waals surface area contributed by atoms with Crippen LogP contribution in [0.4, 0.5) is 5.69 Å². The molecule has 78 valence electrons. The minimum absolute atomic E-state index is 0.113. The van der Waals surface area contributed by atoms with Crippen LogP contribution in [-0.2, 0) is 10.5 Å². The molecule has 0 bridgehead atoms. The predicted octanol–water partition coefficient (Wildman–Crippen LogP) is 1.73. The van der Waals surface area contributed by atoms with Gasteiger partial charge in [-0.25, -0.2) is 0 Å². The summed E-state index contributed by atoms with van der Waals surface area (Å²) in [6, 6.07) is 9.37. The lowest BCUT2D eigenvalue weighted by Gasteiger charge is -1.83. The number of benzene rings is 1. The van der Waals surface area contributed by atoms with Gasteiger partial charge in [-0.15, -0.1) is 0 Å². The van der Waals surface area contributed by atoms with Crippen LogP contribution in [0.15, 0.2) is 34.7 Å². The summed E-state index contributed by atoms with van der Waals surface area (Å²) in [6.45, 7) is 3.41. The monoisotopic (exact) mass is 214 g/mol. The van der Waals surface area contributed by atoms with Crippen molar-refractivity contribution in [2.45, 2.75) is 19.9 Å². The van der Waals surface area contributed by atoms with Crippen molar-refractivity contribution < 1.29 is 8.42 Å². The van der Waals surface area contributed by atoms with E-state index in [-0.39, 0.29) is 6.04 Å². The van der Waals surface area contributed by atoms with Crippen molar-refractivity contribution >= 4 is 16.2 Å². The lowest BCUT2D eigenvalue weighted by atomic mass is 10.3. The summed E-state index contributed by atoms with van der Waals surface area (Å²) in [7, 11) is -2.22. The number of nitrogens with zero attached hydrogens (tertiary/aromatic N) is 1. The molecule has 14 heavy (non-hydrogen) atoms. The summed E-state index contributed by atoms with van der Waals surface area (Å²) in [5, 5.41) is 0. The van der Waals surface area contributed by atoms with E-state index < -0.39 is 10.5 Å². The van der Waals surface area contributed by atoms with Crippen molar-refractivity contribution in [3.63, 3.8) is 0 Å². The standard InChI is InChI=1S/C6H7N.C3H7NO2S/c7-6-4-2-1-3-5-6;1-3(2)4-7(5)6/h1-5H,7H2;3H,1-2H3. The molecule has 0 aliphatic rings. The smallest absolute Gasteiger partial charge is 0.311 e. The number of hydrogen-bond acceptors (Lipinski definition) is 4.